The minimum Gasteiger partial charge on any atom is -0.461 e. The summed E-state index contributed by atoms with van der Waals surface area (Å²) in [5, 5.41) is 1.87. The van der Waals surface area contributed by atoms with Crippen molar-refractivity contribution in [3.05, 3.63) is 36.0 Å². The van der Waals surface area contributed by atoms with Crippen LogP contribution in [-0.4, -0.2) is 22.5 Å². The number of hydrogen-bond donors (Lipinski definition) is 0. The lowest BCUT2D eigenvalue weighted by Crippen LogP contribution is -2.12. The molecule has 4 heteroatoms. The average Bonchev–Trinajstić information content (AvgIpc) is 2.70. The standard InChI is InChI=1S/C13H14BrNO2/c1-2-17-13(16)12-9-10-5-3-4-6-11(10)15(12)8-7-14/h3-6,9H,2,7-8H2,1H3. The lowest BCUT2D eigenvalue weighted by molar-refractivity contribution is 0.0514. The highest BCUT2D eigenvalue weighted by Gasteiger charge is 2.15. The largest absolute Gasteiger partial charge is 0.461 e. The van der Waals surface area contributed by atoms with Crippen LogP contribution in [0.4, 0.5) is 0 Å². The van der Waals surface area contributed by atoms with Crippen LogP contribution in [-0.2, 0) is 11.3 Å². The Kier molecular flexibility index (Phi) is 3.84. The van der Waals surface area contributed by atoms with Gasteiger partial charge in [-0.1, -0.05) is 34.1 Å². The van der Waals surface area contributed by atoms with E-state index >= 15 is 0 Å². The predicted octanol–water partition coefficient (Wildman–Crippen LogP) is 3.21. The van der Waals surface area contributed by atoms with Crippen molar-refractivity contribution in [1.29, 1.82) is 0 Å². The second-order valence-corrected chi connectivity index (χ2v) is 4.44. The van der Waals surface area contributed by atoms with Crippen molar-refractivity contribution in [2.75, 3.05) is 11.9 Å². The zero-order valence-corrected chi connectivity index (χ0v) is 11.2. The number of fused-ring (bicyclic) bond motifs is 1. The first-order valence-corrected chi connectivity index (χ1v) is 6.71. The van der Waals surface area contributed by atoms with E-state index in [1.807, 2.05) is 41.8 Å². The number of esters is 1. The third-order valence-electron chi connectivity index (χ3n) is 2.60. The van der Waals surface area contributed by atoms with Crippen molar-refractivity contribution in [2.24, 2.45) is 0 Å². The topological polar surface area (TPSA) is 31.2 Å². The van der Waals surface area contributed by atoms with Gasteiger partial charge in [-0.15, -0.1) is 0 Å². The number of para-hydroxylation sites is 1. The molecule has 0 aliphatic heterocycles. The molecule has 0 atom stereocenters. The number of nitrogens with zero attached hydrogens (tertiary/aromatic N) is 1. The van der Waals surface area contributed by atoms with Crippen molar-refractivity contribution in [2.45, 2.75) is 13.5 Å². The molecule has 0 unspecified atom stereocenters. The summed E-state index contributed by atoms with van der Waals surface area (Å²) in [6.07, 6.45) is 0. The van der Waals surface area contributed by atoms with E-state index in [9.17, 15) is 4.79 Å². The first-order valence-electron chi connectivity index (χ1n) is 5.59. The number of hydrogen-bond acceptors (Lipinski definition) is 2. The van der Waals surface area contributed by atoms with Gasteiger partial charge in [0.15, 0.2) is 0 Å². The highest BCUT2D eigenvalue weighted by molar-refractivity contribution is 9.09. The van der Waals surface area contributed by atoms with Gasteiger partial charge in [0.05, 0.1) is 6.61 Å². The summed E-state index contributed by atoms with van der Waals surface area (Å²) in [6.45, 7) is 2.96. The Hall–Kier alpha value is -1.29. The highest BCUT2D eigenvalue weighted by atomic mass is 79.9. The number of carbonyl (C=O) groups is 1. The number of ether oxygens (including phenoxy) is 1. The molecule has 1 aromatic carbocycles. The smallest absolute Gasteiger partial charge is 0.354 e. The monoisotopic (exact) mass is 295 g/mol. The quantitative estimate of drug-likeness (QED) is 0.641. The van der Waals surface area contributed by atoms with Gasteiger partial charge in [0, 0.05) is 22.8 Å². The fourth-order valence-electron chi connectivity index (χ4n) is 1.91. The van der Waals surface area contributed by atoms with Crippen LogP contribution in [0.3, 0.4) is 0 Å². The molecule has 0 N–H and O–H groups in total. The Bertz CT molecular complexity index is 533. The second-order valence-electron chi connectivity index (χ2n) is 3.65. The number of aryl methyl sites for hydroxylation is 1. The Labute approximate surface area is 108 Å². The molecule has 1 aromatic heterocycles. The summed E-state index contributed by atoms with van der Waals surface area (Å²) in [6, 6.07) is 9.84. The van der Waals surface area contributed by atoms with Gasteiger partial charge in [-0.05, 0) is 19.1 Å². The molecule has 0 saturated heterocycles. The summed E-state index contributed by atoms with van der Waals surface area (Å²) in [5.74, 6) is -0.260. The number of halogens is 1. The maximum absolute atomic E-state index is 11.9. The molecule has 0 saturated carbocycles. The molecule has 2 aromatic rings. The van der Waals surface area contributed by atoms with Crippen LogP contribution < -0.4 is 0 Å². The average molecular weight is 296 g/mol. The minimum atomic E-state index is -0.260. The fraction of sp³-hybridized carbons (Fsp3) is 0.308. The van der Waals surface area contributed by atoms with Crippen LogP contribution in [0.5, 0.6) is 0 Å². The van der Waals surface area contributed by atoms with E-state index in [1.165, 1.54) is 0 Å². The van der Waals surface area contributed by atoms with E-state index in [1.54, 1.807) is 0 Å². The number of carbonyl (C=O) groups excluding carboxylic acids is 1. The van der Waals surface area contributed by atoms with E-state index in [2.05, 4.69) is 15.9 Å². The van der Waals surface area contributed by atoms with E-state index in [0.717, 1.165) is 22.8 Å². The van der Waals surface area contributed by atoms with Gasteiger partial charge in [0.25, 0.3) is 0 Å². The number of alkyl halides is 1. The molecule has 0 amide bonds. The molecule has 0 spiro atoms. The van der Waals surface area contributed by atoms with Gasteiger partial charge in [0.2, 0.25) is 0 Å². The molecule has 2 rings (SSSR count). The summed E-state index contributed by atoms with van der Waals surface area (Å²) in [7, 11) is 0. The molecular formula is C13H14BrNO2. The third-order valence-corrected chi connectivity index (χ3v) is 2.96. The second kappa shape index (κ2) is 5.36. The van der Waals surface area contributed by atoms with E-state index in [4.69, 9.17) is 4.74 Å². The van der Waals surface area contributed by atoms with Crippen molar-refractivity contribution in [1.82, 2.24) is 4.57 Å². The molecule has 0 aliphatic rings. The molecule has 0 bridgehead atoms. The molecule has 0 fully saturated rings. The van der Waals surface area contributed by atoms with Crippen LogP contribution >= 0.6 is 15.9 Å². The van der Waals surface area contributed by atoms with Gasteiger partial charge in [-0.25, -0.2) is 4.79 Å². The number of aromatic nitrogens is 1. The Morgan fingerprint density at radius 2 is 2.18 bits per heavy atom. The summed E-state index contributed by atoms with van der Waals surface area (Å²) in [4.78, 5) is 11.9. The lowest BCUT2D eigenvalue weighted by atomic mass is 10.2. The van der Waals surface area contributed by atoms with E-state index < -0.39 is 0 Å². The van der Waals surface area contributed by atoms with Crippen LogP contribution in [0, 0.1) is 0 Å². The minimum absolute atomic E-state index is 0.260. The maximum Gasteiger partial charge on any atom is 0.354 e. The van der Waals surface area contributed by atoms with Crippen molar-refractivity contribution >= 4 is 32.8 Å². The molecule has 90 valence electrons. The van der Waals surface area contributed by atoms with Gasteiger partial charge in [-0.2, -0.15) is 0 Å². The van der Waals surface area contributed by atoms with Gasteiger partial charge < -0.3 is 9.30 Å². The molecule has 3 nitrogen and oxygen atoms in total. The number of rotatable bonds is 4. The van der Waals surface area contributed by atoms with Gasteiger partial charge in [0.1, 0.15) is 5.69 Å². The zero-order chi connectivity index (χ0) is 12.3. The molecule has 0 radical (unpaired) electrons. The lowest BCUT2D eigenvalue weighted by Gasteiger charge is -2.07. The van der Waals surface area contributed by atoms with Crippen LogP contribution in [0.15, 0.2) is 30.3 Å². The van der Waals surface area contributed by atoms with Crippen molar-refractivity contribution in [3.8, 4) is 0 Å². The summed E-state index contributed by atoms with van der Waals surface area (Å²) < 4.78 is 7.06. The van der Waals surface area contributed by atoms with Crippen LogP contribution in [0.25, 0.3) is 10.9 Å². The van der Waals surface area contributed by atoms with Gasteiger partial charge in [-0.3, -0.25) is 0 Å². The van der Waals surface area contributed by atoms with Gasteiger partial charge >= 0.3 is 5.97 Å². The molecule has 17 heavy (non-hydrogen) atoms. The van der Waals surface area contributed by atoms with E-state index in [0.29, 0.717) is 12.3 Å². The van der Waals surface area contributed by atoms with Crippen LogP contribution in [0.1, 0.15) is 17.4 Å². The summed E-state index contributed by atoms with van der Waals surface area (Å²) >= 11 is 3.41. The molecule has 1 heterocycles. The van der Waals surface area contributed by atoms with Crippen molar-refractivity contribution < 1.29 is 9.53 Å². The number of benzene rings is 1. The first kappa shape index (κ1) is 12.2. The predicted molar refractivity (Wildman–Crippen MR) is 71.7 cm³/mol. The SMILES string of the molecule is CCOC(=O)c1cc2ccccc2n1CCBr. The fourth-order valence-corrected chi connectivity index (χ4v) is 2.26. The Morgan fingerprint density at radius 1 is 1.41 bits per heavy atom. The Balaban J connectivity index is 2.53. The first-order chi connectivity index (χ1) is 8.27. The van der Waals surface area contributed by atoms with Crippen LogP contribution in [0.2, 0.25) is 0 Å². The highest BCUT2D eigenvalue weighted by Crippen LogP contribution is 2.20. The summed E-state index contributed by atoms with van der Waals surface area (Å²) in [5.41, 5.74) is 1.68. The Morgan fingerprint density at radius 3 is 2.88 bits per heavy atom. The molecule has 0 aliphatic carbocycles. The normalized spacial score (nSPS) is 10.7. The third kappa shape index (κ3) is 2.36. The maximum atomic E-state index is 11.9. The molecular weight excluding hydrogens is 282 g/mol. The van der Waals surface area contributed by atoms with E-state index in [-0.39, 0.29) is 5.97 Å². The zero-order valence-electron chi connectivity index (χ0n) is 9.65. The van der Waals surface area contributed by atoms with Crippen molar-refractivity contribution in [3.63, 3.8) is 0 Å².